The summed E-state index contributed by atoms with van der Waals surface area (Å²) in [4.78, 5) is 27.0. The number of carbonyl (C=O) groups is 2. The van der Waals surface area contributed by atoms with Crippen LogP contribution >= 0.6 is 0 Å². The highest BCUT2D eigenvalue weighted by Crippen LogP contribution is 2.29. The number of likely N-dealkylation sites (tertiary alicyclic amines) is 1. The number of anilines is 3. The second-order valence-electron chi connectivity index (χ2n) is 7.59. The van der Waals surface area contributed by atoms with Crippen molar-refractivity contribution >= 4 is 28.9 Å². The summed E-state index contributed by atoms with van der Waals surface area (Å²) in [6, 6.07) is 27.4. The molecule has 2 amide bonds. The summed E-state index contributed by atoms with van der Waals surface area (Å²) in [7, 11) is 0. The molecular weight excluding hydrogens is 374 g/mol. The molecule has 4 rings (SSSR count). The Morgan fingerprint density at radius 3 is 2.10 bits per heavy atom. The minimum absolute atomic E-state index is 0.0221. The van der Waals surface area contributed by atoms with Crippen LogP contribution in [0.2, 0.25) is 0 Å². The van der Waals surface area contributed by atoms with Crippen LogP contribution in [0.5, 0.6) is 0 Å². The molecule has 5 heteroatoms. The smallest absolute Gasteiger partial charge is 0.229 e. The van der Waals surface area contributed by atoms with E-state index in [9.17, 15) is 9.59 Å². The molecule has 30 heavy (non-hydrogen) atoms. The molecule has 2 N–H and O–H groups in total. The molecule has 152 valence electrons. The maximum Gasteiger partial charge on any atom is 0.229 e. The Morgan fingerprint density at radius 2 is 1.43 bits per heavy atom. The first kappa shape index (κ1) is 19.7. The second-order valence-corrected chi connectivity index (χ2v) is 7.59. The highest BCUT2D eigenvalue weighted by atomic mass is 16.2. The van der Waals surface area contributed by atoms with Crippen LogP contribution in [0.1, 0.15) is 24.9 Å². The van der Waals surface area contributed by atoms with Gasteiger partial charge in [-0.2, -0.15) is 0 Å². The molecule has 3 aromatic carbocycles. The van der Waals surface area contributed by atoms with Gasteiger partial charge in [0, 0.05) is 30.0 Å². The van der Waals surface area contributed by atoms with Gasteiger partial charge in [0.25, 0.3) is 0 Å². The fraction of sp³-hybridized carbons (Fsp3) is 0.200. The fourth-order valence-corrected chi connectivity index (χ4v) is 3.76. The normalized spacial score (nSPS) is 16.9. The number of para-hydroxylation sites is 1. The Bertz CT molecular complexity index is 1000. The van der Waals surface area contributed by atoms with E-state index in [2.05, 4.69) is 10.6 Å². The van der Waals surface area contributed by atoms with Crippen LogP contribution in [0.4, 0.5) is 17.1 Å². The maximum atomic E-state index is 12.7. The van der Waals surface area contributed by atoms with Gasteiger partial charge in [0.15, 0.2) is 0 Å². The molecule has 0 bridgehead atoms. The highest BCUT2D eigenvalue weighted by Gasteiger charge is 2.37. The van der Waals surface area contributed by atoms with Crippen molar-refractivity contribution in [2.75, 3.05) is 17.2 Å². The molecule has 1 fully saturated rings. The second kappa shape index (κ2) is 8.82. The number of rotatable bonds is 6. The predicted molar refractivity (Wildman–Crippen MR) is 119 cm³/mol. The van der Waals surface area contributed by atoms with Crippen LogP contribution in [0.3, 0.4) is 0 Å². The molecule has 1 aliphatic rings. The molecule has 0 saturated carbocycles. The van der Waals surface area contributed by atoms with Gasteiger partial charge in [0.05, 0.1) is 12.0 Å². The average Bonchev–Trinajstić information content (AvgIpc) is 3.18. The predicted octanol–water partition coefficient (Wildman–Crippen LogP) is 4.98. The molecule has 1 saturated heterocycles. The van der Waals surface area contributed by atoms with Crippen LogP contribution in [0.15, 0.2) is 84.9 Å². The summed E-state index contributed by atoms with van der Waals surface area (Å²) in [5, 5.41) is 6.26. The van der Waals surface area contributed by atoms with Gasteiger partial charge in [0.2, 0.25) is 11.8 Å². The van der Waals surface area contributed by atoms with E-state index in [1.54, 1.807) is 4.90 Å². The van der Waals surface area contributed by atoms with Gasteiger partial charge in [-0.1, -0.05) is 48.5 Å². The lowest BCUT2D eigenvalue weighted by Gasteiger charge is -2.25. The van der Waals surface area contributed by atoms with E-state index in [4.69, 9.17) is 0 Å². The lowest BCUT2D eigenvalue weighted by Crippen LogP contribution is -2.30. The van der Waals surface area contributed by atoms with E-state index in [-0.39, 0.29) is 30.2 Å². The molecule has 0 radical (unpaired) electrons. The number of amides is 2. The Morgan fingerprint density at radius 1 is 0.867 bits per heavy atom. The van der Waals surface area contributed by atoms with Gasteiger partial charge in [0.1, 0.15) is 0 Å². The Kier molecular flexibility index (Phi) is 5.80. The molecule has 2 unspecified atom stereocenters. The van der Waals surface area contributed by atoms with Crippen LogP contribution in [-0.4, -0.2) is 23.3 Å². The Balaban J connectivity index is 1.35. The summed E-state index contributed by atoms with van der Waals surface area (Å²) >= 11 is 0. The summed E-state index contributed by atoms with van der Waals surface area (Å²) in [5.74, 6) is -0.436. The van der Waals surface area contributed by atoms with Crippen molar-refractivity contribution < 1.29 is 9.59 Å². The van der Waals surface area contributed by atoms with Crippen molar-refractivity contribution in [1.82, 2.24) is 4.90 Å². The minimum atomic E-state index is -0.342. The van der Waals surface area contributed by atoms with Crippen molar-refractivity contribution in [1.29, 1.82) is 0 Å². The zero-order valence-corrected chi connectivity index (χ0v) is 16.9. The van der Waals surface area contributed by atoms with E-state index in [1.165, 1.54) is 0 Å². The first-order valence-corrected chi connectivity index (χ1v) is 10.2. The Hall–Kier alpha value is -3.60. The highest BCUT2D eigenvalue weighted by molar-refractivity contribution is 5.97. The van der Waals surface area contributed by atoms with Crippen LogP contribution in [0, 0.1) is 5.92 Å². The van der Waals surface area contributed by atoms with Crippen molar-refractivity contribution in [3.05, 3.63) is 90.5 Å². The molecule has 1 aliphatic heterocycles. The zero-order valence-electron chi connectivity index (χ0n) is 16.9. The molecule has 5 nitrogen and oxygen atoms in total. The standard InChI is InChI=1S/C25H25N3O2/c1-18(19-8-4-2-5-9-19)28-17-20(16-24(28)29)25(30)27-23-14-12-22(13-15-23)26-21-10-6-3-7-11-21/h2-15,18,20,26H,16-17H2,1H3,(H,27,30). The molecule has 2 atom stereocenters. The van der Waals surface area contributed by atoms with Crippen LogP contribution < -0.4 is 10.6 Å². The third-order valence-corrected chi connectivity index (χ3v) is 5.49. The quantitative estimate of drug-likeness (QED) is 0.615. The number of hydrogen-bond acceptors (Lipinski definition) is 3. The van der Waals surface area contributed by atoms with Crippen molar-refractivity contribution in [2.45, 2.75) is 19.4 Å². The summed E-state index contributed by atoms with van der Waals surface area (Å²) in [6.07, 6.45) is 0.247. The van der Waals surface area contributed by atoms with Gasteiger partial charge in [-0.25, -0.2) is 0 Å². The van der Waals surface area contributed by atoms with Crippen molar-refractivity contribution in [2.24, 2.45) is 5.92 Å². The van der Waals surface area contributed by atoms with Gasteiger partial charge < -0.3 is 15.5 Å². The van der Waals surface area contributed by atoms with Gasteiger partial charge in [-0.05, 0) is 48.9 Å². The first-order chi connectivity index (χ1) is 14.6. The maximum absolute atomic E-state index is 12.7. The summed E-state index contributed by atoms with van der Waals surface area (Å²) in [6.45, 7) is 2.44. The van der Waals surface area contributed by atoms with Crippen LogP contribution in [0.25, 0.3) is 0 Å². The lowest BCUT2D eigenvalue weighted by atomic mass is 10.1. The van der Waals surface area contributed by atoms with Crippen molar-refractivity contribution in [3.63, 3.8) is 0 Å². The summed E-state index contributed by atoms with van der Waals surface area (Å²) in [5.41, 5.74) is 3.75. The monoisotopic (exact) mass is 399 g/mol. The lowest BCUT2D eigenvalue weighted by molar-refractivity contribution is -0.129. The van der Waals surface area contributed by atoms with Gasteiger partial charge in [-0.3, -0.25) is 9.59 Å². The van der Waals surface area contributed by atoms with Crippen LogP contribution in [-0.2, 0) is 9.59 Å². The molecule has 0 spiro atoms. The number of benzene rings is 3. The molecular formula is C25H25N3O2. The van der Waals surface area contributed by atoms with E-state index in [0.29, 0.717) is 6.54 Å². The largest absolute Gasteiger partial charge is 0.356 e. The Labute approximate surface area is 176 Å². The van der Waals surface area contributed by atoms with Gasteiger partial charge in [-0.15, -0.1) is 0 Å². The third-order valence-electron chi connectivity index (χ3n) is 5.49. The van der Waals surface area contributed by atoms with E-state index in [0.717, 1.165) is 22.6 Å². The fourth-order valence-electron chi connectivity index (χ4n) is 3.76. The third kappa shape index (κ3) is 4.51. The van der Waals surface area contributed by atoms with E-state index in [1.807, 2.05) is 91.9 Å². The topological polar surface area (TPSA) is 61.4 Å². The minimum Gasteiger partial charge on any atom is -0.356 e. The zero-order chi connectivity index (χ0) is 20.9. The van der Waals surface area contributed by atoms with Crippen molar-refractivity contribution in [3.8, 4) is 0 Å². The molecule has 3 aromatic rings. The summed E-state index contributed by atoms with van der Waals surface area (Å²) < 4.78 is 0. The average molecular weight is 399 g/mol. The van der Waals surface area contributed by atoms with E-state index >= 15 is 0 Å². The number of carbonyl (C=O) groups excluding carboxylic acids is 2. The molecule has 0 aromatic heterocycles. The first-order valence-electron chi connectivity index (χ1n) is 10.2. The molecule has 1 heterocycles. The molecule has 0 aliphatic carbocycles. The van der Waals surface area contributed by atoms with E-state index < -0.39 is 0 Å². The number of nitrogens with one attached hydrogen (secondary N) is 2. The number of hydrogen-bond donors (Lipinski definition) is 2. The SMILES string of the molecule is CC(c1ccccc1)N1CC(C(=O)Nc2ccc(Nc3ccccc3)cc2)CC1=O. The number of nitrogens with zero attached hydrogens (tertiary/aromatic N) is 1. The van der Waals surface area contributed by atoms with Gasteiger partial charge >= 0.3 is 0 Å².